The number of hydrogen-bond acceptors (Lipinski definition) is 5. The van der Waals surface area contributed by atoms with E-state index in [0.29, 0.717) is 13.2 Å². The molecule has 0 saturated carbocycles. The highest BCUT2D eigenvalue weighted by atomic mass is 32.2. The number of nitrogens with zero attached hydrogens (tertiary/aromatic N) is 3. The fourth-order valence-corrected chi connectivity index (χ4v) is 5.89. The largest absolute Gasteiger partial charge is 0.448 e. The summed E-state index contributed by atoms with van der Waals surface area (Å²) >= 11 is 1.76. The molecule has 0 N–H and O–H groups in total. The van der Waals surface area contributed by atoms with Gasteiger partial charge in [0.1, 0.15) is 12.4 Å². The highest BCUT2D eigenvalue weighted by molar-refractivity contribution is 7.99. The molecule has 7 heteroatoms. The van der Waals surface area contributed by atoms with Crippen LogP contribution >= 0.6 is 11.8 Å². The number of piperazine rings is 1. The molecule has 5 rings (SSSR count). The van der Waals surface area contributed by atoms with Crippen LogP contribution in [0.15, 0.2) is 46.2 Å². The minimum atomic E-state index is -0.192. The van der Waals surface area contributed by atoms with Gasteiger partial charge in [0.05, 0.1) is 6.54 Å². The number of carbonyl (C=O) groups excluding carboxylic acids is 1. The molecule has 3 aliphatic heterocycles. The fraction of sp³-hybridized carbons (Fsp3) is 0.458. The Kier molecular flexibility index (Phi) is 5.91. The third kappa shape index (κ3) is 4.45. The van der Waals surface area contributed by atoms with Crippen LogP contribution in [0.25, 0.3) is 0 Å². The van der Waals surface area contributed by atoms with Gasteiger partial charge in [-0.3, -0.25) is 9.80 Å². The summed E-state index contributed by atoms with van der Waals surface area (Å²) in [7, 11) is 0. The molecule has 2 saturated heterocycles. The van der Waals surface area contributed by atoms with Crippen LogP contribution in [-0.4, -0.2) is 73.2 Å². The summed E-state index contributed by atoms with van der Waals surface area (Å²) in [4.78, 5) is 20.8. The van der Waals surface area contributed by atoms with Crippen molar-refractivity contribution < 1.29 is 13.9 Å². The Bertz CT molecular complexity index is 977. The van der Waals surface area contributed by atoms with E-state index in [4.69, 9.17) is 4.74 Å². The Balaban J connectivity index is 1.31. The molecule has 5 nitrogen and oxygen atoms in total. The van der Waals surface area contributed by atoms with Gasteiger partial charge < -0.3 is 9.64 Å². The molecule has 1 atom stereocenters. The van der Waals surface area contributed by atoms with E-state index in [0.717, 1.165) is 56.1 Å². The molecule has 2 aromatic carbocycles. The predicted octanol–water partition coefficient (Wildman–Crippen LogP) is 3.95. The van der Waals surface area contributed by atoms with Crippen LogP contribution in [0.5, 0.6) is 0 Å². The van der Waals surface area contributed by atoms with Crippen LogP contribution in [0.3, 0.4) is 0 Å². The van der Waals surface area contributed by atoms with Gasteiger partial charge in [-0.1, -0.05) is 29.5 Å². The zero-order chi connectivity index (χ0) is 21.4. The average Bonchev–Trinajstić information content (AvgIpc) is 3.11. The predicted molar refractivity (Wildman–Crippen MR) is 119 cm³/mol. The molecule has 0 radical (unpaired) electrons. The smallest absolute Gasteiger partial charge is 0.409 e. The van der Waals surface area contributed by atoms with Gasteiger partial charge in [0, 0.05) is 55.1 Å². The summed E-state index contributed by atoms with van der Waals surface area (Å²) in [5, 5.41) is 0. The maximum absolute atomic E-state index is 14.2. The molecular weight excluding hydrogens is 413 g/mol. The van der Waals surface area contributed by atoms with Gasteiger partial charge in [-0.2, -0.15) is 0 Å². The van der Waals surface area contributed by atoms with Crippen LogP contribution in [-0.2, 0) is 11.2 Å². The summed E-state index contributed by atoms with van der Waals surface area (Å²) < 4.78 is 19.2. The van der Waals surface area contributed by atoms with Crippen LogP contribution in [0, 0.1) is 12.7 Å². The van der Waals surface area contributed by atoms with Crippen molar-refractivity contribution in [3.8, 4) is 0 Å². The molecule has 0 bridgehead atoms. The third-order valence-corrected chi connectivity index (χ3v) is 7.77. The minimum Gasteiger partial charge on any atom is -0.448 e. The van der Waals surface area contributed by atoms with Crippen molar-refractivity contribution in [1.82, 2.24) is 14.7 Å². The third-order valence-electron chi connectivity index (χ3n) is 6.56. The van der Waals surface area contributed by atoms with Crippen molar-refractivity contribution in [2.45, 2.75) is 29.2 Å². The lowest BCUT2D eigenvalue weighted by molar-refractivity contribution is 0.0887. The van der Waals surface area contributed by atoms with E-state index in [1.54, 1.807) is 28.8 Å². The molecule has 164 valence electrons. The number of ether oxygens (including phenoxy) is 1. The molecule has 2 fully saturated rings. The van der Waals surface area contributed by atoms with E-state index in [9.17, 15) is 9.18 Å². The lowest BCUT2D eigenvalue weighted by atomic mass is 9.95. The average molecular weight is 442 g/mol. The van der Waals surface area contributed by atoms with Gasteiger partial charge in [-0.15, -0.1) is 0 Å². The molecule has 3 aliphatic rings. The first-order valence-electron chi connectivity index (χ1n) is 11.0. The highest BCUT2D eigenvalue weighted by Crippen LogP contribution is 2.43. The van der Waals surface area contributed by atoms with E-state index in [1.807, 2.05) is 6.07 Å². The van der Waals surface area contributed by atoms with Gasteiger partial charge in [-0.25, -0.2) is 9.18 Å². The Hall–Kier alpha value is -2.09. The Morgan fingerprint density at radius 3 is 2.61 bits per heavy atom. The second-order valence-corrected chi connectivity index (χ2v) is 9.68. The maximum atomic E-state index is 14.2. The van der Waals surface area contributed by atoms with Crippen molar-refractivity contribution in [2.75, 3.05) is 52.4 Å². The molecule has 0 aliphatic carbocycles. The molecule has 2 aromatic rings. The Morgan fingerprint density at radius 2 is 1.84 bits per heavy atom. The molecule has 1 amide bonds. The number of fused-ring (bicyclic) bond motifs is 2. The molecule has 31 heavy (non-hydrogen) atoms. The number of carbonyl (C=O) groups is 1. The lowest BCUT2D eigenvalue weighted by Gasteiger charge is -2.40. The van der Waals surface area contributed by atoms with Crippen molar-refractivity contribution >= 4 is 17.9 Å². The number of cyclic esters (lactones) is 1. The first-order chi connectivity index (χ1) is 15.1. The van der Waals surface area contributed by atoms with Crippen LogP contribution in [0.2, 0.25) is 0 Å². The lowest BCUT2D eigenvalue weighted by Crippen LogP contribution is -2.49. The van der Waals surface area contributed by atoms with Crippen molar-refractivity contribution in [3.63, 3.8) is 0 Å². The van der Waals surface area contributed by atoms with Crippen LogP contribution in [0.1, 0.15) is 22.7 Å². The van der Waals surface area contributed by atoms with Crippen LogP contribution in [0.4, 0.5) is 9.18 Å². The van der Waals surface area contributed by atoms with E-state index in [1.165, 1.54) is 16.0 Å². The van der Waals surface area contributed by atoms with Gasteiger partial charge in [0.2, 0.25) is 0 Å². The van der Waals surface area contributed by atoms with Gasteiger partial charge in [0.15, 0.2) is 0 Å². The number of amides is 1. The quantitative estimate of drug-likeness (QED) is 0.718. The second kappa shape index (κ2) is 8.81. The first kappa shape index (κ1) is 20.8. The van der Waals surface area contributed by atoms with Crippen molar-refractivity contribution in [2.24, 2.45) is 0 Å². The summed E-state index contributed by atoms with van der Waals surface area (Å²) in [6, 6.07) is 12.1. The summed E-state index contributed by atoms with van der Waals surface area (Å²) in [5.41, 5.74) is 3.72. The van der Waals surface area contributed by atoms with Crippen molar-refractivity contribution in [3.05, 3.63) is 58.9 Å². The van der Waals surface area contributed by atoms with E-state index in [-0.39, 0.29) is 18.0 Å². The zero-order valence-electron chi connectivity index (χ0n) is 17.8. The molecule has 3 heterocycles. The first-order valence-corrected chi connectivity index (χ1v) is 11.8. The summed E-state index contributed by atoms with van der Waals surface area (Å²) in [6.45, 7) is 8.72. The van der Waals surface area contributed by atoms with Crippen molar-refractivity contribution in [1.29, 1.82) is 0 Å². The minimum absolute atomic E-state index is 0.164. The zero-order valence-corrected chi connectivity index (χ0v) is 18.7. The number of halogens is 1. The van der Waals surface area contributed by atoms with Gasteiger partial charge >= 0.3 is 6.09 Å². The highest BCUT2D eigenvalue weighted by Gasteiger charge is 2.31. The van der Waals surface area contributed by atoms with E-state index >= 15 is 0 Å². The number of aryl methyl sites for hydroxylation is 1. The fourth-order valence-electron chi connectivity index (χ4n) is 4.79. The monoisotopic (exact) mass is 441 g/mol. The summed E-state index contributed by atoms with van der Waals surface area (Å²) in [5.74, 6) is -0.164. The normalized spacial score (nSPS) is 22.1. The van der Waals surface area contributed by atoms with Gasteiger partial charge in [-0.05, 0) is 48.7 Å². The Morgan fingerprint density at radius 1 is 1.03 bits per heavy atom. The molecule has 0 spiro atoms. The molecule has 0 unspecified atom stereocenters. The second-order valence-electron chi connectivity index (χ2n) is 8.59. The van der Waals surface area contributed by atoms with Crippen LogP contribution < -0.4 is 0 Å². The number of hydrogen-bond donors (Lipinski definition) is 0. The standard InChI is InChI=1S/C24H28FN3O2S/c1-17-2-4-22-18(14-17)15-21(20-16-19(25)3-5-23(20)31-22)27-9-6-26(7-10-27)8-11-28-12-13-30-24(28)29/h2-5,14,16,21H,6-13,15H2,1H3/t21-/m0/s1. The Labute approximate surface area is 187 Å². The number of benzene rings is 2. The summed E-state index contributed by atoms with van der Waals surface area (Å²) in [6.07, 6.45) is 0.710. The number of rotatable bonds is 4. The maximum Gasteiger partial charge on any atom is 0.409 e. The van der Waals surface area contributed by atoms with Gasteiger partial charge in [0.25, 0.3) is 0 Å². The SMILES string of the molecule is Cc1ccc2c(c1)C[C@H](N1CCN(CCN3CCOC3=O)CC1)c1cc(F)ccc1S2. The van der Waals surface area contributed by atoms with E-state index < -0.39 is 0 Å². The van der Waals surface area contributed by atoms with E-state index in [2.05, 4.69) is 34.9 Å². The molecular formula is C24H28FN3O2S. The topological polar surface area (TPSA) is 36.0 Å². The molecule has 0 aromatic heterocycles.